The van der Waals surface area contributed by atoms with E-state index in [1.54, 1.807) is 0 Å². The molecule has 3 aliphatic carbocycles. The summed E-state index contributed by atoms with van der Waals surface area (Å²) < 4.78 is 2.50. The van der Waals surface area contributed by atoms with Crippen LogP contribution in [0.2, 0.25) is 0 Å². The van der Waals surface area contributed by atoms with Crippen molar-refractivity contribution >= 4 is 33.3 Å². The Kier molecular flexibility index (Phi) is 7.59. The van der Waals surface area contributed by atoms with E-state index in [2.05, 4.69) is 192 Å². The van der Waals surface area contributed by atoms with Crippen molar-refractivity contribution in [2.24, 2.45) is 5.92 Å². The van der Waals surface area contributed by atoms with E-state index >= 15 is 0 Å². The summed E-state index contributed by atoms with van der Waals surface area (Å²) >= 11 is 0. The average Bonchev–Trinajstić information content (AvgIpc) is 3.82. The maximum absolute atomic E-state index is 5.47. The van der Waals surface area contributed by atoms with E-state index in [0.717, 1.165) is 53.8 Å². The maximum atomic E-state index is 5.47. The highest BCUT2D eigenvalue weighted by atomic mass is 15.3. The molecule has 4 nitrogen and oxygen atoms in total. The Morgan fingerprint density at radius 1 is 0.586 bits per heavy atom. The Morgan fingerprint density at radius 2 is 1.38 bits per heavy atom. The molecule has 0 fully saturated rings. The number of anilines is 1. The molecule has 0 saturated heterocycles. The summed E-state index contributed by atoms with van der Waals surface area (Å²) in [7, 11) is 0. The molecule has 2 aromatic heterocycles. The van der Waals surface area contributed by atoms with Crippen molar-refractivity contribution in [3.63, 3.8) is 0 Å². The topological polar surface area (TPSA) is 34.0 Å². The fourth-order valence-corrected chi connectivity index (χ4v) is 10.1. The van der Waals surface area contributed by atoms with E-state index in [1.165, 1.54) is 72.5 Å². The third-order valence-corrected chi connectivity index (χ3v) is 12.7. The van der Waals surface area contributed by atoms with Gasteiger partial charge in [-0.25, -0.2) is 9.97 Å². The van der Waals surface area contributed by atoms with Gasteiger partial charge in [-0.15, -0.1) is 0 Å². The van der Waals surface area contributed by atoms with Gasteiger partial charge >= 0.3 is 0 Å². The minimum atomic E-state index is 0.0868. The monoisotopic (exact) mass is 744 g/mol. The number of allylic oxidation sites excluding steroid dienone is 5. The second-order valence-electron chi connectivity index (χ2n) is 15.9. The fourth-order valence-electron chi connectivity index (χ4n) is 10.1. The highest BCUT2D eigenvalue weighted by molar-refractivity contribution is 6.02. The number of benzene rings is 6. The van der Waals surface area contributed by atoms with Gasteiger partial charge in [0.05, 0.1) is 22.8 Å². The van der Waals surface area contributed by atoms with E-state index in [9.17, 15) is 0 Å². The minimum Gasteiger partial charge on any atom is -0.313 e. The molecule has 8 aromatic rings. The molecule has 3 heterocycles. The summed E-state index contributed by atoms with van der Waals surface area (Å²) in [6.07, 6.45) is 16.0. The van der Waals surface area contributed by atoms with Crippen molar-refractivity contribution in [1.29, 1.82) is 0 Å². The van der Waals surface area contributed by atoms with Crippen LogP contribution in [-0.4, -0.2) is 20.6 Å². The van der Waals surface area contributed by atoms with Gasteiger partial charge in [0.1, 0.15) is 0 Å². The largest absolute Gasteiger partial charge is 0.313 e. The summed E-state index contributed by atoms with van der Waals surface area (Å²) in [5.74, 6) is 0.954. The molecule has 0 N–H and O–H groups in total. The van der Waals surface area contributed by atoms with Gasteiger partial charge in [0.15, 0.2) is 0 Å². The van der Waals surface area contributed by atoms with E-state index in [1.807, 2.05) is 0 Å². The van der Waals surface area contributed by atoms with Crippen molar-refractivity contribution < 1.29 is 0 Å². The molecule has 2 unspecified atom stereocenters. The Labute approximate surface area is 338 Å². The lowest BCUT2D eigenvalue weighted by Crippen LogP contribution is -2.34. The van der Waals surface area contributed by atoms with Crippen LogP contribution in [0.15, 0.2) is 193 Å². The summed E-state index contributed by atoms with van der Waals surface area (Å²) in [6.45, 7) is 0. The molecule has 0 amide bonds. The van der Waals surface area contributed by atoms with Crippen LogP contribution >= 0.6 is 0 Å². The second-order valence-corrected chi connectivity index (χ2v) is 15.9. The van der Waals surface area contributed by atoms with Crippen LogP contribution in [0, 0.1) is 5.92 Å². The third-order valence-electron chi connectivity index (χ3n) is 12.7. The van der Waals surface area contributed by atoms with Crippen LogP contribution in [0.25, 0.3) is 66.6 Å². The molecule has 0 saturated carbocycles. The Hall–Kier alpha value is -7.04. The third kappa shape index (κ3) is 5.21. The van der Waals surface area contributed by atoms with Gasteiger partial charge in [-0.05, 0) is 101 Å². The first-order valence-electron chi connectivity index (χ1n) is 20.6. The van der Waals surface area contributed by atoms with E-state index in [0.29, 0.717) is 0 Å². The van der Waals surface area contributed by atoms with Gasteiger partial charge in [-0.1, -0.05) is 146 Å². The number of aromatic nitrogens is 3. The van der Waals surface area contributed by atoms with Crippen molar-refractivity contribution in [3.8, 4) is 39.2 Å². The molecule has 2 atom stereocenters. The first-order chi connectivity index (χ1) is 28.8. The van der Waals surface area contributed by atoms with Crippen LogP contribution in [-0.2, 0) is 12.8 Å². The number of para-hydroxylation sites is 2. The molecule has 1 aliphatic heterocycles. The SMILES string of the molecule is C1=CC2=C(CC1)N(c1nc(-c3cccc(-c4ccccc4)c3)c3ccccc3n1)C1C=CC(c3ccc4c(c3)c3c(n4-c4ccccc4)CCc4ccccc4-3)=CC21. The number of aryl methyl sites for hydroxylation is 1. The molecule has 0 bridgehead atoms. The zero-order chi connectivity index (χ0) is 38.2. The smallest absolute Gasteiger partial charge is 0.231 e. The number of hydrogen-bond acceptors (Lipinski definition) is 3. The minimum absolute atomic E-state index is 0.0868. The number of nitrogens with zero attached hydrogens (tertiary/aromatic N) is 4. The zero-order valence-corrected chi connectivity index (χ0v) is 32.1. The molecule has 276 valence electrons. The molecule has 0 spiro atoms. The molecule has 12 rings (SSSR count). The Bertz CT molecular complexity index is 3070. The lowest BCUT2D eigenvalue weighted by molar-refractivity contribution is 0.672. The molecule has 6 aromatic carbocycles. The van der Waals surface area contributed by atoms with Crippen molar-refractivity contribution in [2.45, 2.75) is 31.7 Å². The molecular weight excluding hydrogens is 705 g/mol. The molecule has 0 radical (unpaired) electrons. The lowest BCUT2D eigenvalue weighted by Gasteiger charge is -2.30. The van der Waals surface area contributed by atoms with Gasteiger partial charge in [-0.2, -0.15) is 0 Å². The Balaban J connectivity index is 0.967. The molecule has 4 aliphatic rings. The van der Waals surface area contributed by atoms with E-state index < -0.39 is 0 Å². The van der Waals surface area contributed by atoms with Crippen LogP contribution in [0.3, 0.4) is 0 Å². The van der Waals surface area contributed by atoms with Crippen LogP contribution in [0.5, 0.6) is 0 Å². The second kappa shape index (κ2) is 13.3. The van der Waals surface area contributed by atoms with Gasteiger partial charge in [0, 0.05) is 44.9 Å². The quantitative estimate of drug-likeness (QED) is 0.176. The van der Waals surface area contributed by atoms with Crippen molar-refractivity contribution in [1.82, 2.24) is 14.5 Å². The van der Waals surface area contributed by atoms with Crippen LogP contribution in [0.4, 0.5) is 5.95 Å². The van der Waals surface area contributed by atoms with Crippen LogP contribution < -0.4 is 4.90 Å². The summed E-state index contributed by atoms with van der Waals surface area (Å²) in [5, 5.41) is 2.38. The predicted molar refractivity (Wildman–Crippen MR) is 239 cm³/mol. The molecule has 4 heteroatoms. The van der Waals surface area contributed by atoms with Gasteiger partial charge in [-0.3, -0.25) is 0 Å². The predicted octanol–water partition coefficient (Wildman–Crippen LogP) is 12.7. The normalized spacial score (nSPS) is 17.9. The summed E-state index contributed by atoms with van der Waals surface area (Å²) in [5.41, 5.74) is 18.7. The van der Waals surface area contributed by atoms with Gasteiger partial charge < -0.3 is 9.47 Å². The fraction of sp³-hybridized carbons (Fsp3) is 0.111. The summed E-state index contributed by atoms with van der Waals surface area (Å²) in [4.78, 5) is 13.2. The van der Waals surface area contributed by atoms with Gasteiger partial charge in [0.2, 0.25) is 5.95 Å². The van der Waals surface area contributed by atoms with Crippen molar-refractivity contribution in [2.75, 3.05) is 4.90 Å². The van der Waals surface area contributed by atoms with Crippen LogP contribution in [0.1, 0.15) is 29.7 Å². The average molecular weight is 745 g/mol. The van der Waals surface area contributed by atoms with E-state index in [4.69, 9.17) is 9.97 Å². The first kappa shape index (κ1) is 33.1. The standard InChI is InChI=1S/C54H40N4/c1-3-14-35(15-4-1)37-17-13-18-40(32-37)53-44-23-9-11-24-47(44)55-54(56-53)58-48-25-12-10-22-43(48)45-33-38(27-29-49(45)58)39-28-30-50-46(34-39)52-42-21-8-7-16-36(42)26-31-51(52)57(50)41-19-5-2-6-20-41/h1-11,13-24,27-30,32-34,45,49H,12,25-26,31H2. The van der Waals surface area contributed by atoms with Gasteiger partial charge in [0.25, 0.3) is 0 Å². The number of hydrogen-bond donors (Lipinski definition) is 0. The first-order valence-corrected chi connectivity index (χ1v) is 20.6. The number of fused-ring (bicyclic) bond motifs is 8. The van der Waals surface area contributed by atoms with E-state index in [-0.39, 0.29) is 12.0 Å². The highest BCUT2D eigenvalue weighted by Gasteiger charge is 2.41. The Morgan fingerprint density at radius 3 is 2.29 bits per heavy atom. The highest BCUT2D eigenvalue weighted by Crippen LogP contribution is 2.48. The number of rotatable bonds is 5. The molecular formula is C54H40N4. The zero-order valence-electron chi connectivity index (χ0n) is 32.1. The van der Waals surface area contributed by atoms with Crippen molar-refractivity contribution in [3.05, 3.63) is 210 Å². The maximum Gasteiger partial charge on any atom is 0.231 e. The molecule has 58 heavy (non-hydrogen) atoms. The summed E-state index contributed by atoms with van der Waals surface area (Å²) in [6, 6.07) is 54.9. The lowest BCUT2D eigenvalue weighted by atomic mass is 9.84.